The Morgan fingerprint density at radius 2 is 1.46 bits per heavy atom. The van der Waals surface area contributed by atoms with Crippen molar-refractivity contribution < 1.29 is 79.8 Å². The van der Waals surface area contributed by atoms with Gasteiger partial charge in [-0.2, -0.15) is 28.1 Å². The Labute approximate surface area is 408 Å². The number of anilines is 2. The van der Waals surface area contributed by atoms with Gasteiger partial charge in [0.25, 0.3) is 10.0 Å². The number of halogens is 6. The van der Waals surface area contributed by atoms with Crippen molar-refractivity contribution in [1.29, 1.82) is 0 Å². The molecule has 0 saturated carbocycles. The molecule has 0 unspecified atom stereocenters. The first kappa shape index (κ1) is 54.9. The molecule has 1 atom stereocenters. The summed E-state index contributed by atoms with van der Waals surface area (Å²) in [6.45, 7) is 2.73. The largest absolute Gasteiger partial charge is 0.480 e. The van der Waals surface area contributed by atoms with Crippen LogP contribution in [0, 0.1) is 0 Å². The van der Waals surface area contributed by atoms with Gasteiger partial charge in [-0.15, -0.1) is 0 Å². The number of carboxylic acid groups (broad SMARTS) is 3. The predicted octanol–water partition coefficient (Wildman–Crippen LogP) is 8.31. The van der Waals surface area contributed by atoms with E-state index in [2.05, 4.69) is 30.6 Å². The van der Waals surface area contributed by atoms with E-state index in [-0.39, 0.29) is 51.6 Å². The number of aliphatic carboxylic acids is 2. The van der Waals surface area contributed by atoms with Gasteiger partial charge in [0.1, 0.15) is 27.7 Å². The van der Waals surface area contributed by atoms with Gasteiger partial charge in [0.15, 0.2) is 12.7 Å². The van der Waals surface area contributed by atoms with Gasteiger partial charge in [0.2, 0.25) is 11.9 Å². The molecule has 0 aliphatic carbocycles. The Kier molecular flexibility index (Phi) is 19.2. The lowest BCUT2D eigenvalue weighted by molar-refractivity contribution is -0.146. The van der Waals surface area contributed by atoms with E-state index >= 15 is 0 Å². The molecule has 0 radical (unpaired) electrons. The molecule has 6 aromatic rings. The van der Waals surface area contributed by atoms with Crippen LogP contribution < -0.4 is 29.6 Å². The number of aromatic carboxylic acids is 1. The predicted molar refractivity (Wildman–Crippen MR) is 244 cm³/mol. The van der Waals surface area contributed by atoms with E-state index in [1.807, 2.05) is 0 Å². The number of esters is 1. The van der Waals surface area contributed by atoms with Crippen LogP contribution >= 0.6 is 34.8 Å². The van der Waals surface area contributed by atoms with Crippen molar-refractivity contribution in [3.05, 3.63) is 123 Å². The van der Waals surface area contributed by atoms with E-state index in [0.29, 0.717) is 22.4 Å². The third-order valence-electron chi connectivity index (χ3n) is 8.28. The summed E-state index contributed by atoms with van der Waals surface area (Å²) in [5.41, 5.74) is -1.03. The number of urea groups is 1. The van der Waals surface area contributed by atoms with Crippen molar-refractivity contribution in [3.63, 3.8) is 0 Å². The average molecular weight is 1060 g/mol. The molecule has 6 N–H and O–H groups in total. The molecular formula is C42H35Cl3F3N7O14S. The van der Waals surface area contributed by atoms with Crippen molar-refractivity contribution in [2.45, 2.75) is 31.0 Å². The van der Waals surface area contributed by atoms with Crippen LogP contribution in [0.15, 0.2) is 96.0 Å². The summed E-state index contributed by atoms with van der Waals surface area (Å²) in [7, 11) is -2.92. The Hall–Kier alpha value is -7.74. The molecule has 0 aliphatic rings. The molecule has 0 fully saturated rings. The van der Waals surface area contributed by atoms with E-state index in [0.717, 1.165) is 42.6 Å². The molecule has 21 nitrogen and oxygen atoms in total. The van der Waals surface area contributed by atoms with Gasteiger partial charge in [-0.05, 0) is 86.6 Å². The molecule has 2 heterocycles. The molecule has 0 saturated heterocycles. The first-order valence-corrected chi connectivity index (χ1v) is 21.9. The van der Waals surface area contributed by atoms with Gasteiger partial charge in [0, 0.05) is 18.6 Å². The number of fused-ring (bicyclic) bond motifs is 1. The highest BCUT2D eigenvalue weighted by molar-refractivity contribution is 7.90. The van der Waals surface area contributed by atoms with E-state index in [1.165, 1.54) is 31.3 Å². The molecule has 0 aliphatic heterocycles. The fourth-order valence-electron chi connectivity index (χ4n) is 5.15. The number of nitrogens with zero attached hydrogens (tertiary/aromatic N) is 4. The summed E-state index contributed by atoms with van der Waals surface area (Å²) in [5.74, 6) is -4.63. The molecule has 6 rings (SSSR count). The summed E-state index contributed by atoms with van der Waals surface area (Å²) in [4.78, 5) is 71.5. The lowest BCUT2D eigenvalue weighted by Gasteiger charge is -2.13. The average Bonchev–Trinajstić information content (AvgIpc) is 3.29. The van der Waals surface area contributed by atoms with Crippen LogP contribution in [-0.4, -0.2) is 99.9 Å². The molecule has 370 valence electrons. The molecule has 2 aromatic heterocycles. The standard InChI is InChI=1S/C17H11Cl2F3O5.C14H16N6O6S.C11H8ClNO3/c1-8(15(23)24)26-16(25)11-7-10(3-4-12(11)18)27-14-5-2-9(6-13(14)19)17(20,21)22;1-3-26-14-18-11(15-2)16-12(19-14)17-13(23)20-27(24,25)9-7-5-4-6-8(9)10(21)22;12-8-3-4-9(16-6-10(14)15)11-7(8)2-1-5-13-11/h2-8H,1H3,(H,23,24);4-7H,3H2,1-2H3,(H,21,22)(H3,15,16,17,18,19,20,23);1-5H,6H2,(H,14,15)/t8-;;/m0../s1. The summed E-state index contributed by atoms with van der Waals surface area (Å²) in [5, 5.41) is 32.2. The van der Waals surface area contributed by atoms with Crippen molar-refractivity contribution >= 4 is 97.5 Å². The number of carbonyl (C=O) groups excluding carboxylic acids is 2. The molecule has 0 spiro atoms. The van der Waals surface area contributed by atoms with Crippen LogP contribution in [0.4, 0.5) is 29.9 Å². The maximum absolute atomic E-state index is 12.7. The van der Waals surface area contributed by atoms with Gasteiger partial charge in [-0.1, -0.05) is 46.9 Å². The smallest absolute Gasteiger partial charge is 0.416 e. The number of pyridine rings is 1. The minimum Gasteiger partial charge on any atom is -0.480 e. The van der Waals surface area contributed by atoms with Crippen molar-refractivity contribution in [2.75, 3.05) is 30.9 Å². The fourth-order valence-corrected chi connectivity index (χ4v) is 6.89. The zero-order valence-corrected chi connectivity index (χ0v) is 39.0. The number of sulfonamides is 1. The molecule has 4 aromatic carbocycles. The first-order valence-electron chi connectivity index (χ1n) is 19.3. The number of carboxylic acids is 3. The third kappa shape index (κ3) is 15.7. The Morgan fingerprint density at radius 1 is 0.786 bits per heavy atom. The summed E-state index contributed by atoms with van der Waals surface area (Å²) in [6, 6.07) is 16.8. The quantitative estimate of drug-likeness (QED) is 0.0527. The highest BCUT2D eigenvalue weighted by Gasteiger charge is 2.31. The van der Waals surface area contributed by atoms with E-state index in [4.69, 9.17) is 69.1 Å². The number of benzene rings is 4. The van der Waals surface area contributed by atoms with Gasteiger partial charge >= 0.3 is 42.1 Å². The summed E-state index contributed by atoms with van der Waals surface area (Å²) >= 11 is 17.7. The molecule has 2 amide bonds. The monoisotopic (exact) mass is 1060 g/mol. The van der Waals surface area contributed by atoms with E-state index in [1.54, 1.807) is 42.1 Å². The SMILES string of the molecule is CCOc1nc(NC)nc(NC(=O)NS(=O)(=O)c2ccccc2C(=O)O)n1.C[C@H](OC(=O)c1cc(Oc2ccc(C(F)(F)F)cc2Cl)ccc1Cl)C(=O)O.O=C(O)COc1ccc(Cl)c2cccnc12. The van der Waals surface area contributed by atoms with Crippen LogP contribution in [0.2, 0.25) is 15.1 Å². The second kappa shape index (κ2) is 24.5. The highest BCUT2D eigenvalue weighted by atomic mass is 35.5. The van der Waals surface area contributed by atoms with E-state index < -0.39 is 74.8 Å². The zero-order chi connectivity index (χ0) is 51.9. The minimum atomic E-state index is -4.56. The number of ether oxygens (including phenoxy) is 4. The lowest BCUT2D eigenvalue weighted by atomic mass is 10.2. The molecule has 28 heteroatoms. The Morgan fingerprint density at radius 3 is 2.09 bits per heavy atom. The molecule has 0 bridgehead atoms. The number of hydrogen-bond donors (Lipinski definition) is 6. The van der Waals surface area contributed by atoms with Gasteiger partial charge in [0.05, 0.1) is 38.4 Å². The van der Waals surface area contributed by atoms with Crippen LogP contribution in [0.5, 0.6) is 23.3 Å². The van der Waals surface area contributed by atoms with Crippen LogP contribution in [0.25, 0.3) is 10.9 Å². The Bertz CT molecular complexity index is 3030. The summed E-state index contributed by atoms with van der Waals surface area (Å²) < 4.78 is 84.7. The molecule has 70 heavy (non-hydrogen) atoms. The van der Waals surface area contributed by atoms with Crippen LogP contribution in [-0.2, 0) is 30.5 Å². The zero-order valence-electron chi connectivity index (χ0n) is 35.9. The van der Waals surface area contributed by atoms with Crippen molar-refractivity contribution in [2.24, 2.45) is 0 Å². The van der Waals surface area contributed by atoms with Crippen LogP contribution in [0.3, 0.4) is 0 Å². The number of rotatable bonds is 15. The number of carbonyl (C=O) groups is 5. The maximum atomic E-state index is 12.7. The number of aromatic nitrogens is 4. The maximum Gasteiger partial charge on any atom is 0.416 e. The number of alkyl halides is 3. The Balaban J connectivity index is 0.000000236. The number of amides is 2. The number of hydrogen-bond acceptors (Lipinski definition) is 16. The fraction of sp³-hybridized carbons (Fsp3) is 0.167. The highest BCUT2D eigenvalue weighted by Crippen LogP contribution is 2.37. The minimum absolute atomic E-state index is 0.0246. The third-order valence-corrected chi connectivity index (χ3v) is 10.6. The van der Waals surface area contributed by atoms with Gasteiger partial charge < -0.3 is 39.6 Å². The van der Waals surface area contributed by atoms with Crippen molar-refractivity contribution in [3.8, 4) is 23.3 Å². The second-order valence-electron chi connectivity index (χ2n) is 13.2. The second-order valence-corrected chi connectivity index (χ2v) is 16.1. The van der Waals surface area contributed by atoms with Crippen molar-refractivity contribution in [1.82, 2.24) is 24.7 Å². The topological polar surface area (TPSA) is 305 Å². The van der Waals surface area contributed by atoms with Crippen LogP contribution in [0.1, 0.15) is 40.1 Å². The van der Waals surface area contributed by atoms with E-state index in [9.17, 15) is 45.6 Å². The molecular weight excluding hydrogens is 1020 g/mol. The summed E-state index contributed by atoms with van der Waals surface area (Å²) in [6.07, 6.45) is -4.35. The van der Waals surface area contributed by atoms with Gasteiger partial charge in [-0.3, -0.25) is 10.3 Å². The lowest BCUT2D eigenvalue weighted by Crippen LogP contribution is -2.35. The number of nitrogens with one attached hydrogen (secondary N) is 3. The first-order chi connectivity index (χ1) is 32.9. The van der Waals surface area contributed by atoms with Gasteiger partial charge in [-0.25, -0.2) is 37.1 Å². The normalized spacial score (nSPS) is 11.3.